The summed E-state index contributed by atoms with van der Waals surface area (Å²) in [5, 5.41) is 6.15. The fourth-order valence-corrected chi connectivity index (χ4v) is 3.01. The summed E-state index contributed by atoms with van der Waals surface area (Å²) in [4.78, 5) is 11.9. The van der Waals surface area contributed by atoms with Crippen LogP contribution in [-0.4, -0.2) is 32.1 Å². The number of aryl methyl sites for hydroxylation is 1. The summed E-state index contributed by atoms with van der Waals surface area (Å²) in [7, 11) is -3.69. The molecule has 136 valence electrons. The van der Waals surface area contributed by atoms with Gasteiger partial charge in [0.1, 0.15) is 11.5 Å². The lowest BCUT2D eigenvalue weighted by molar-refractivity contribution is -0.116. The predicted octanol–water partition coefficient (Wildman–Crippen LogP) is 2.08. The van der Waals surface area contributed by atoms with Crippen LogP contribution in [0.1, 0.15) is 26.0 Å². The highest BCUT2D eigenvalue weighted by atomic mass is 32.2. The maximum Gasteiger partial charge on any atom is 0.240 e. The van der Waals surface area contributed by atoms with Crippen LogP contribution in [0, 0.1) is 6.92 Å². The van der Waals surface area contributed by atoms with Crippen molar-refractivity contribution < 1.29 is 22.5 Å². The summed E-state index contributed by atoms with van der Waals surface area (Å²) in [5.41, 5.74) is 0. The Kier molecular flexibility index (Phi) is 6.16. The maximum atomic E-state index is 12.2. The van der Waals surface area contributed by atoms with Crippen LogP contribution in [0.3, 0.4) is 0 Å². The second-order valence-electron chi connectivity index (χ2n) is 5.66. The summed E-state index contributed by atoms with van der Waals surface area (Å²) >= 11 is 0. The van der Waals surface area contributed by atoms with Crippen LogP contribution < -0.4 is 14.8 Å². The highest BCUT2D eigenvalue weighted by Gasteiger charge is 2.15. The van der Waals surface area contributed by atoms with Gasteiger partial charge >= 0.3 is 0 Å². The van der Waals surface area contributed by atoms with Crippen molar-refractivity contribution in [1.82, 2.24) is 9.88 Å². The SMILES string of the molecule is Cc1cc(NC(=O)CCNS(=O)(=O)c2ccc(OC(C)C)cc2)no1. The number of hydrogen-bond donors (Lipinski definition) is 2. The average molecular weight is 367 g/mol. The molecule has 0 saturated carbocycles. The van der Waals surface area contributed by atoms with Crippen LogP contribution >= 0.6 is 0 Å². The lowest BCUT2D eigenvalue weighted by Crippen LogP contribution is -2.27. The Labute approximate surface area is 146 Å². The number of amides is 1. The van der Waals surface area contributed by atoms with E-state index in [1.54, 1.807) is 25.1 Å². The van der Waals surface area contributed by atoms with Crippen molar-refractivity contribution in [2.45, 2.75) is 38.2 Å². The fraction of sp³-hybridized carbons (Fsp3) is 0.375. The zero-order valence-corrected chi connectivity index (χ0v) is 15.1. The summed E-state index contributed by atoms with van der Waals surface area (Å²) in [5.74, 6) is 1.10. The molecule has 2 rings (SSSR count). The molecule has 0 unspecified atom stereocenters. The number of hydrogen-bond acceptors (Lipinski definition) is 6. The Bertz CT molecular complexity index is 813. The topological polar surface area (TPSA) is 111 Å². The summed E-state index contributed by atoms with van der Waals surface area (Å²) < 4.78 is 37.1. The van der Waals surface area contributed by atoms with Crippen molar-refractivity contribution in [2.75, 3.05) is 11.9 Å². The van der Waals surface area contributed by atoms with Gasteiger partial charge in [0.05, 0.1) is 11.0 Å². The molecule has 0 aliphatic rings. The zero-order valence-electron chi connectivity index (χ0n) is 14.3. The third kappa shape index (κ3) is 5.87. The number of aromatic nitrogens is 1. The summed E-state index contributed by atoms with van der Waals surface area (Å²) in [6.45, 7) is 5.44. The number of nitrogens with zero attached hydrogens (tertiary/aromatic N) is 1. The molecule has 1 amide bonds. The van der Waals surface area contributed by atoms with E-state index in [1.807, 2.05) is 13.8 Å². The first-order valence-corrected chi connectivity index (χ1v) is 9.24. The summed E-state index contributed by atoms with van der Waals surface area (Å²) in [6.07, 6.45) is -0.0211. The number of anilines is 1. The normalized spacial score (nSPS) is 11.5. The summed E-state index contributed by atoms with van der Waals surface area (Å²) in [6, 6.07) is 7.67. The first-order chi connectivity index (χ1) is 11.8. The van der Waals surface area contributed by atoms with Crippen molar-refractivity contribution in [3.8, 4) is 5.75 Å². The number of carbonyl (C=O) groups excluding carboxylic acids is 1. The molecule has 0 aliphatic carbocycles. The molecule has 0 radical (unpaired) electrons. The van der Waals surface area contributed by atoms with Gasteiger partial charge in [-0.05, 0) is 45.0 Å². The quantitative estimate of drug-likeness (QED) is 0.739. The second kappa shape index (κ2) is 8.13. The predicted molar refractivity (Wildman–Crippen MR) is 91.9 cm³/mol. The van der Waals surface area contributed by atoms with Crippen LogP contribution in [0.25, 0.3) is 0 Å². The zero-order chi connectivity index (χ0) is 18.4. The van der Waals surface area contributed by atoms with E-state index >= 15 is 0 Å². The van der Waals surface area contributed by atoms with Gasteiger partial charge in [0.2, 0.25) is 15.9 Å². The minimum Gasteiger partial charge on any atom is -0.491 e. The van der Waals surface area contributed by atoms with Crippen LogP contribution in [0.2, 0.25) is 0 Å². The van der Waals surface area contributed by atoms with Gasteiger partial charge in [-0.1, -0.05) is 5.16 Å². The van der Waals surface area contributed by atoms with E-state index in [9.17, 15) is 13.2 Å². The molecule has 0 fully saturated rings. The van der Waals surface area contributed by atoms with E-state index in [4.69, 9.17) is 9.26 Å². The molecule has 0 spiro atoms. The smallest absolute Gasteiger partial charge is 0.240 e. The van der Waals surface area contributed by atoms with Crippen LogP contribution in [0.5, 0.6) is 5.75 Å². The third-order valence-corrected chi connectivity index (χ3v) is 4.52. The number of benzene rings is 1. The minimum absolute atomic E-state index is 0.00704. The molecule has 9 heteroatoms. The average Bonchev–Trinajstić information content (AvgIpc) is 2.92. The standard InChI is InChI=1S/C16H21N3O5S/c1-11(2)23-13-4-6-14(7-5-13)25(21,22)17-9-8-16(20)18-15-10-12(3)24-19-15/h4-7,10-11,17H,8-9H2,1-3H3,(H,18,19,20). The first-order valence-electron chi connectivity index (χ1n) is 7.76. The molecule has 0 atom stereocenters. The van der Waals surface area contributed by atoms with Gasteiger partial charge < -0.3 is 14.6 Å². The van der Waals surface area contributed by atoms with Crippen molar-refractivity contribution in [1.29, 1.82) is 0 Å². The Morgan fingerprint density at radius 3 is 2.52 bits per heavy atom. The molecule has 2 N–H and O–H groups in total. The second-order valence-corrected chi connectivity index (χ2v) is 7.42. The molecular formula is C16H21N3O5S. The van der Waals surface area contributed by atoms with Gasteiger partial charge in [-0.2, -0.15) is 0 Å². The van der Waals surface area contributed by atoms with Crippen LogP contribution in [-0.2, 0) is 14.8 Å². The molecule has 1 heterocycles. The van der Waals surface area contributed by atoms with Crippen LogP contribution in [0.4, 0.5) is 5.82 Å². The van der Waals surface area contributed by atoms with Gasteiger partial charge in [-0.15, -0.1) is 0 Å². The van der Waals surface area contributed by atoms with E-state index in [0.29, 0.717) is 17.3 Å². The highest BCUT2D eigenvalue weighted by molar-refractivity contribution is 7.89. The molecule has 2 aromatic rings. The van der Waals surface area contributed by atoms with E-state index in [-0.39, 0.29) is 29.9 Å². The Morgan fingerprint density at radius 1 is 1.28 bits per heavy atom. The van der Waals surface area contributed by atoms with Gasteiger partial charge in [-0.3, -0.25) is 4.79 Å². The minimum atomic E-state index is -3.69. The molecule has 0 bridgehead atoms. The number of sulfonamides is 1. The monoisotopic (exact) mass is 367 g/mol. The van der Waals surface area contributed by atoms with Crippen molar-refractivity contribution in [3.63, 3.8) is 0 Å². The van der Waals surface area contributed by atoms with E-state index in [2.05, 4.69) is 15.2 Å². The molecular weight excluding hydrogens is 346 g/mol. The molecule has 25 heavy (non-hydrogen) atoms. The van der Waals surface area contributed by atoms with E-state index in [1.165, 1.54) is 12.1 Å². The third-order valence-electron chi connectivity index (χ3n) is 3.05. The highest BCUT2D eigenvalue weighted by Crippen LogP contribution is 2.17. The molecule has 1 aromatic heterocycles. The largest absolute Gasteiger partial charge is 0.491 e. The molecule has 8 nitrogen and oxygen atoms in total. The first kappa shape index (κ1) is 18.9. The Balaban J connectivity index is 1.85. The van der Waals surface area contributed by atoms with E-state index in [0.717, 1.165) is 0 Å². The fourth-order valence-electron chi connectivity index (χ4n) is 1.98. The maximum absolute atomic E-state index is 12.2. The van der Waals surface area contributed by atoms with Gasteiger partial charge in [0.15, 0.2) is 5.82 Å². The van der Waals surface area contributed by atoms with Crippen molar-refractivity contribution in [2.24, 2.45) is 0 Å². The van der Waals surface area contributed by atoms with E-state index < -0.39 is 10.0 Å². The molecule has 0 aliphatic heterocycles. The number of carbonyl (C=O) groups is 1. The van der Waals surface area contributed by atoms with Crippen molar-refractivity contribution in [3.05, 3.63) is 36.1 Å². The van der Waals surface area contributed by atoms with Gasteiger partial charge in [-0.25, -0.2) is 13.1 Å². The molecule has 1 aromatic carbocycles. The number of rotatable bonds is 8. The van der Waals surface area contributed by atoms with Gasteiger partial charge in [0.25, 0.3) is 0 Å². The van der Waals surface area contributed by atoms with Gasteiger partial charge in [0, 0.05) is 19.0 Å². The number of ether oxygens (including phenoxy) is 1. The Morgan fingerprint density at radius 2 is 1.96 bits per heavy atom. The molecule has 0 saturated heterocycles. The van der Waals surface area contributed by atoms with Crippen molar-refractivity contribution >= 4 is 21.7 Å². The van der Waals surface area contributed by atoms with Crippen LogP contribution in [0.15, 0.2) is 39.8 Å². The number of nitrogens with one attached hydrogen (secondary N) is 2. The Hall–Kier alpha value is -2.39. The lowest BCUT2D eigenvalue weighted by Gasteiger charge is -2.10. The lowest BCUT2D eigenvalue weighted by atomic mass is 10.3.